The van der Waals surface area contributed by atoms with E-state index in [2.05, 4.69) is 140 Å². The molecule has 3 heteroatoms. The fourth-order valence-corrected chi connectivity index (χ4v) is 6.95. The summed E-state index contributed by atoms with van der Waals surface area (Å²) < 4.78 is 0. The van der Waals surface area contributed by atoms with Gasteiger partial charge in [-0.15, -0.1) is 0 Å². The van der Waals surface area contributed by atoms with Crippen LogP contribution in [-0.4, -0.2) is 15.0 Å². The van der Waals surface area contributed by atoms with Gasteiger partial charge in [-0.3, -0.25) is 0 Å². The highest BCUT2D eigenvalue weighted by Crippen LogP contribution is 2.42. The van der Waals surface area contributed by atoms with Crippen LogP contribution in [0.3, 0.4) is 0 Å². The van der Waals surface area contributed by atoms with Crippen LogP contribution >= 0.6 is 0 Å². The van der Waals surface area contributed by atoms with Crippen molar-refractivity contribution >= 4 is 10.8 Å². The van der Waals surface area contributed by atoms with Gasteiger partial charge in [0.05, 0.1) is 0 Å². The minimum absolute atomic E-state index is 0.634. The Morgan fingerprint density at radius 1 is 0.231 bits per heavy atom. The van der Waals surface area contributed by atoms with Gasteiger partial charge >= 0.3 is 0 Å². The third kappa shape index (κ3) is 6.17. The topological polar surface area (TPSA) is 38.7 Å². The lowest BCUT2D eigenvalue weighted by Gasteiger charge is -2.17. The highest BCUT2D eigenvalue weighted by atomic mass is 15.0. The molecule has 0 spiro atoms. The van der Waals surface area contributed by atoms with E-state index in [4.69, 9.17) is 15.0 Å². The van der Waals surface area contributed by atoms with Crippen LogP contribution in [0.2, 0.25) is 0 Å². The zero-order chi connectivity index (χ0) is 34.7. The van der Waals surface area contributed by atoms with Gasteiger partial charge in [0.2, 0.25) is 0 Å². The summed E-state index contributed by atoms with van der Waals surface area (Å²) in [6.45, 7) is 0. The van der Waals surface area contributed by atoms with E-state index in [1.807, 2.05) is 60.7 Å². The molecule has 0 atom stereocenters. The van der Waals surface area contributed by atoms with Crippen molar-refractivity contribution in [2.24, 2.45) is 0 Å². The van der Waals surface area contributed by atoms with Gasteiger partial charge in [-0.2, -0.15) is 0 Å². The predicted octanol–water partition coefficient (Wildman–Crippen LogP) is 12.7. The maximum atomic E-state index is 5.02. The van der Waals surface area contributed by atoms with Crippen molar-refractivity contribution in [3.05, 3.63) is 200 Å². The van der Waals surface area contributed by atoms with Crippen LogP contribution < -0.4 is 0 Å². The van der Waals surface area contributed by atoms with Gasteiger partial charge in [-0.1, -0.05) is 182 Å². The molecule has 0 saturated carbocycles. The summed E-state index contributed by atoms with van der Waals surface area (Å²) in [5.41, 5.74) is 12.1. The molecule has 0 saturated heterocycles. The minimum Gasteiger partial charge on any atom is -0.208 e. The summed E-state index contributed by atoms with van der Waals surface area (Å²) in [6, 6.07) is 70.2. The quantitative estimate of drug-likeness (QED) is 0.170. The Balaban J connectivity index is 1.18. The Kier molecular flexibility index (Phi) is 8.20. The Bertz CT molecular complexity index is 2610. The van der Waals surface area contributed by atoms with E-state index in [9.17, 15) is 0 Å². The molecular formula is C49H33N3. The monoisotopic (exact) mass is 663 g/mol. The van der Waals surface area contributed by atoms with E-state index < -0.39 is 0 Å². The molecule has 244 valence electrons. The van der Waals surface area contributed by atoms with Crippen molar-refractivity contribution in [2.45, 2.75) is 0 Å². The number of fused-ring (bicyclic) bond motifs is 1. The highest BCUT2D eigenvalue weighted by Gasteiger charge is 2.17. The molecule has 8 aromatic carbocycles. The van der Waals surface area contributed by atoms with Gasteiger partial charge < -0.3 is 0 Å². The lowest BCUT2D eigenvalue weighted by molar-refractivity contribution is 1.07. The van der Waals surface area contributed by atoms with E-state index in [1.54, 1.807) is 0 Å². The minimum atomic E-state index is 0.634. The average molecular weight is 664 g/mol. The van der Waals surface area contributed by atoms with Gasteiger partial charge in [-0.25, -0.2) is 15.0 Å². The van der Waals surface area contributed by atoms with E-state index in [1.165, 1.54) is 38.6 Å². The summed E-state index contributed by atoms with van der Waals surface area (Å²) in [6.07, 6.45) is 0. The van der Waals surface area contributed by atoms with Gasteiger partial charge in [0, 0.05) is 16.7 Å². The zero-order valence-electron chi connectivity index (χ0n) is 28.4. The molecule has 3 nitrogen and oxygen atoms in total. The molecule has 0 radical (unpaired) electrons. The summed E-state index contributed by atoms with van der Waals surface area (Å²) >= 11 is 0. The van der Waals surface area contributed by atoms with Crippen molar-refractivity contribution in [3.63, 3.8) is 0 Å². The first kappa shape index (κ1) is 31.0. The number of rotatable bonds is 7. The first-order valence-electron chi connectivity index (χ1n) is 17.5. The van der Waals surface area contributed by atoms with Gasteiger partial charge in [0.25, 0.3) is 0 Å². The van der Waals surface area contributed by atoms with E-state index >= 15 is 0 Å². The number of hydrogen-bond donors (Lipinski definition) is 0. The largest absolute Gasteiger partial charge is 0.208 e. The first-order chi connectivity index (χ1) is 25.8. The molecule has 0 N–H and O–H groups in total. The Labute approximate surface area is 303 Å². The molecule has 52 heavy (non-hydrogen) atoms. The molecule has 1 aromatic heterocycles. The fraction of sp³-hybridized carbons (Fsp3) is 0. The smallest absolute Gasteiger partial charge is 0.164 e. The zero-order valence-corrected chi connectivity index (χ0v) is 28.4. The summed E-state index contributed by atoms with van der Waals surface area (Å²) in [4.78, 5) is 14.9. The molecular weight excluding hydrogens is 631 g/mol. The van der Waals surface area contributed by atoms with Crippen molar-refractivity contribution in [1.82, 2.24) is 15.0 Å². The van der Waals surface area contributed by atoms with Crippen molar-refractivity contribution < 1.29 is 0 Å². The summed E-state index contributed by atoms with van der Waals surface area (Å²) in [5, 5.41) is 2.48. The SMILES string of the molecule is c1ccc(-c2nc(-c3ccccc3)nc(-c3cccc(-c4cccc(-c5cccc(-c6ccc7ccccc7c6)c5)c4-c4ccccc4)c3)n2)cc1. The van der Waals surface area contributed by atoms with Gasteiger partial charge in [0.15, 0.2) is 17.5 Å². The molecule has 0 bridgehead atoms. The Morgan fingerprint density at radius 3 is 1.23 bits per heavy atom. The molecule has 0 unspecified atom stereocenters. The van der Waals surface area contributed by atoms with Gasteiger partial charge in [0.1, 0.15) is 0 Å². The number of nitrogens with zero attached hydrogens (tertiary/aromatic N) is 3. The van der Waals surface area contributed by atoms with Gasteiger partial charge in [-0.05, 0) is 73.5 Å². The second-order valence-corrected chi connectivity index (χ2v) is 12.9. The van der Waals surface area contributed by atoms with Crippen molar-refractivity contribution in [1.29, 1.82) is 0 Å². The lowest BCUT2D eigenvalue weighted by atomic mass is 9.86. The summed E-state index contributed by atoms with van der Waals surface area (Å²) in [7, 11) is 0. The number of benzene rings is 8. The van der Waals surface area contributed by atoms with Crippen molar-refractivity contribution in [3.8, 4) is 78.7 Å². The third-order valence-electron chi connectivity index (χ3n) is 9.51. The van der Waals surface area contributed by atoms with Crippen LogP contribution in [0, 0.1) is 0 Å². The molecule has 0 aliphatic heterocycles. The average Bonchev–Trinajstić information content (AvgIpc) is 3.24. The molecule has 0 fully saturated rings. The Morgan fingerprint density at radius 2 is 0.635 bits per heavy atom. The summed E-state index contributed by atoms with van der Waals surface area (Å²) in [5.74, 6) is 1.93. The van der Waals surface area contributed by atoms with Crippen LogP contribution in [0.4, 0.5) is 0 Å². The third-order valence-corrected chi connectivity index (χ3v) is 9.51. The van der Waals surface area contributed by atoms with Crippen molar-refractivity contribution in [2.75, 3.05) is 0 Å². The van der Waals surface area contributed by atoms with Crippen LogP contribution in [0.5, 0.6) is 0 Å². The maximum absolute atomic E-state index is 5.02. The molecule has 9 rings (SSSR count). The first-order valence-corrected chi connectivity index (χ1v) is 17.5. The van der Waals surface area contributed by atoms with E-state index in [-0.39, 0.29) is 0 Å². The van der Waals surface area contributed by atoms with Crippen LogP contribution in [0.25, 0.3) is 89.4 Å². The van der Waals surface area contributed by atoms with E-state index in [0.717, 1.165) is 33.4 Å². The Hall–Kier alpha value is -6.97. The molecule has 0 amide bonds. The van der Waals surface area contributed by atoms with Crippen LogP contribution in [-0.2, 0) is 0 Å². The standard InChI is InChI=1S/C49H33N3/c1-4-16-35(17-5-1)46-44(41-24-12-23-39(32-41)40-30-29-34-15-10-11-22-38(34)31-40)27-14-28-45(46)42-25-13-26-43(33-42)49-51-47(36-18-6-2-7-19-36)50-48(52-49)37-20-8-3-9-21-37/h1-33H. The highest BCUT2D eigenvalue weighted by molar-refractivity contribution is 5.96. The second-order valence-electron chi connectivity index (χ2n) is 12.9. The molecule has 9 aromatic rings. The molecule has 0 aliphatic rings. The number of aromatic nitrogens is 3. The molecule has 0 aliphatic carbocycles. The predicted molar refractivity (Wildman–Crippen MR) is 215 cm³/mol. The van der Waals surface area contributed by atoms with Crippen LogP contribution in [0.1, 0.15) is 0 Å². The molecule has 1 heterocycles. The van der Waals surface area contributed by atoms with E-state index in [0.29, 0.717) is 17.5 Å². The lowest BCUT2D eigenvalue weighted by Crippen LogP contribution is -2.00. The van der Waals surface area contributed by atoms with Crippen LogP contribution in [0.15, 0.2) is 200 Å². The second kappa shape index (κ2) is 13.7. The normalized spacial score (nSPS) is 11.1. The number of hydrogen-bond acceptors (Lipinski definition) is 3. The fourth-order valence-electron chi connectivity index (χ4n) is 6.95. The maximum Gasteiger partial charge on any atom is 0.164 e.